The predicted octanol–water partition coefficient (Wildman–Crippen LogP) is 12.8. The molecule has 234 valence electrons. The fraction of sp³-hybridized carbons (Fsp3) is 0. The van der Waals surface area contributed by atoms with Crippen molar-refractivity contribution in [2.75, 3.05) is 0 Å². The van der Waals surface area contributed by atoms with Gasteiger partial charge in [0.05, 0.1) is 16.9 Å². The molecular weight excluding hydrogens is 605 g/mol. The van der Waals surface area contributed by atoms with Gasteiger partial charge < -0.3 is 0 Å². The first kappa shape index (κ1) is 29.5. The molecule has 7 aromatic carbocycles. The van der Waals surface area contributed by atoms with Crippen LogP contribution < -0.4 is 0 Å². The van der Waals surface area contributed by atoms with Crippen LogP contribution >= 0.6 is 0 Å². The molecule has 0 fully saturated rings. The largest absolute Gasteiger partial charge is 0.256 e. The van der Waals surface area contributed by atoms with Crippen molar-refractivity contribution in [1.29, 1.82) is 0 Å². The molecule has 0 spiro atoms. The van der Waals surface area contributed by atoms with Crippen LogP contribution in [0, 0.1) is 0 Å². The molecule has 0 saturated heterocycles. The molecule has 0 unspecified atom stereocenters. The highest BCUT2D eigenvalue weighted by atomic mass is 14.7. The van der Waals surface area contributed by atoms with E-state index >= 15 is 0 Å². The summed E-state index contributed by atoms with van der Waals surface area (Å²) in [5.74, 6) is 0. The van der Waals surface area contributed by atoms with Crippen molar-refractivity contribution in [2.45, 2.75) is 0 Å². The normalized spacial score (nSPS) is 11.2. The average molecular weight is 637 g/mol. The quantitative estimate of drug-likeness (QED) is 0.170. The number of nitrogens with zero attached hydrogens (tertiary/aromatic N) is 2. The summed E-state index contributed by atoms with van der Waals surface area (Å²) in [6.45, 7) is 0. The van der Waals surface area contributed by atoms with Crippen LogP contribution in [0.4, 0.5) is 0 Å². The molecule has 0 radical (unpaired) electrons. The number of hydrogen-bond acceptors (Lipinski definition) is 2. The van der Waals surface area contributed by atoms with Gasteiger partial charge in [0.25, 0.3) is 0 Å². The lowest BCUT2D eigenvalue weighted by Crippen LogP contribution is -1.94. The standard InChI is InChI=1S/C48H32N2/c1-3-11-33(12-4-1)35-18-22-37(23-19-35)43-31-45-44(38-24-20-36(21-25-38)34-13-5-2-6-14-34)32-47(50-48(45)42-16-8-7-15-41(42)43)40-28-26-39(27-29-40)46-17-9-10-30-49-46/h1-32H. The van der Waals surface area contributed by atoms with E-state index in [1.54, 1.807) is 0 Å². The van der Waals surface area contributed by atoms with Crippen LogP contribution in [0.1, 0.15) is 0 Å². The summed E-state index contributed by atoms with van der Waals surface area (Å²) in [4.78, 5) is 9.95. The van der Waals surface area contributed by atoms with E-state index in [0.29, 0.717) is 0 Å². The summed E-state index contributed by atoms with van der Waals surface area (Å²) in [7, 11) is 0. The van der Waals surface area contributed by atoms with E-state index in [2.05, 4.69) is 175 Å². The summed E-state index contributed by atoms with van der Waals surface area (Å²) < 4.78 is 0. The van der Waals surface area contributed by atoms with Crippen LogP contribution in [-0.2, 0) is 0 Å². The zero-order valence-electron chi connectivity index (χ0n) is 27.4. The Hall–Kier alpha value is -6.64. The van der Waals surface area contributed by atoms with Gasteiger partial charge in [-0.15, -0.1) is 0 Å². The molecule has 0 amide bonds. The lowest BCUT2D eigenvalue weighted by molar-refractivity contribution is 1.32. The Morgan fingerprint density at radius 3 is 1.28 bits per heavy atom. The summed E-state index contributed by atoms with van der Waals surface area (Å²) in [5.41, 5.74) is 14.6. The highest BCUT2D eigenvalue weighted by molar-refractivity contribution is 6.16. The van der Waals surface area contributed by atoms with Crippen LogP contribution in [0.5, 0.6) is 0 Å². The second kappa shape index (κ2) is 12.8. The SMILES string of the molecule is c1ccc(-c2ccc(-c3cc4c(-c5ccc(-c6ccccc6)cc5)cc(-c5ccc(-c6ccccn6)cc5)nc4c4ccccc34)cc2)cc1. The zero-order valence-corrected chi connectivity index (χ0v) is 27.4. The van der Waals surface area contributed by atoms with Gasteiger partial charge in [-0.2, -0.15) is 0 Å². The fourth-order valence-electron chi connectivity index (χ4n) is 6.97. The maximum atomic E-state index is 5.40. The maximum absolute atomic E-state index is 5.40. The third-order valence-corrected chi connectivity index (χ3v) is 9.57. The van der Waals surface area contributed by atoms with Gasteiger partial charge in [-0.1, -0.05) is 164 Å². The lowest BCUT2D eigenvalue weighted by Gasteiger charge is -2.16. The van der Waals surface area contributed by atoms with Crippen molar-refractivity contribution >= 4 is 21.7 Å². The third kappa shape index (κ3) is 5.53. The Kier molecular flexibility index (Phi) is 7.53. The minimum Gasteiger partial charge on any atom is -0.256 e. The highest BCUT2D eigenvalue weighted by Gasteiger charge is 2.16. The van der Waals surface area contributed by atoms with Gasteiger partial charge in [0, 0.05) is 28.1 Å². The molecule has 0 aliphatic rings. The van der Waals surface area contributed by atoms with Gasteiger partial charge in [-0.25, -0.2) is 4.98 Å². The van der Waals surface area contributed by atoms with E-state index < -0.39 is 0 Å². The van der Waals surface area contributed by atoms with Crippen LogP contribution in [-0.4, -0.2) is 9.97 Å². The second-order valence-electron chi connectivity index (χ2n) is 12.6. The average Bonchev–Trinajstić information content (AvgIpc) is 3.21. The molecule has 0 aliphatic carbocycles. The first-order valence-electron chi connectivity index (χ1n) is 17.0. The molecule has 0 N–H and O–H groups in total. The van der Waals surface area contributed by atoms with E-state index in [9.17, 15) is 0 Å². The van der Waals surface area contributed by atoms with Crippen LogP contribution in [0.3, 0.4) is 0 Å². The number of pyridine rings is 2. The first-order valence-corrected chi connectivity index (χ1v) is 17.0. The molecule has 0 saturated carbocycles. The molecule has 2 nitrogen and oxygen atoms in total. The van der Waals surface area contributed by atoms with Gasteiger partial charge >= 0.3 is 0 Å². The van der Waals surface area contributed by atoms with Gasteiger partial charge in [0.15, 0.2) is 0 Å². The topological polar surface area (TPSA) is 25.8 Å². The summed E-state index contributed by atoms with van der Waals surface area (Å²) in [6.07, 6.45) is 1.83. The first-order chi connectivity index (χ1) is 24.8. The second-order valence-corrected chi connectivity index (χ2v) is 12.6. The zero-order chi connectivity index (χ0) is 33.3. The van der Waals surface area contributed by atoms with Crippen molar-refractivity contribution in [1.82, 2.24) is 9.97 Å². The van der Waals surface area contributed by atoms with Crippen molar-refractivity contribution in [2.24, 2.45) is 0 Å². The van der Waals surface area contributed by atoms with E-state index in [-0.39, 0.29) is 0 Å². The molecule has 2 aromatic heterocycles. The summed E-state index contributed by atoms with van der Waals surface area (Å²) in [5, 5.41) is 3.46. The van der Waals surface area contributed by atoms with Crippen molar-refractivity contribution in [3.63, 3.8) is 0 Å². The number of rotatable bonds is 6. The van der Waals surface area contributed by atoms with Crippen LogP contribution in [0.15, 0.2) is 194 Å². The van der Waals surface area contributed by atoms with Crippen LogP contribution in [0.2, 0.25) is 0 Å². The van der Waals surface area contributed by atoms with Gasteiger partial charge in [-0.05, 0) is 74.2 Å². The Morgan fingerprint density at radius 1 is 0.280 bits per heavy atom. The van der Waals surface area contributed by atoms with E-state index in [4.69, 9.17) is 4.98 Å². The number of hydrogen-bond donors (Lipinski definition) is 0. The molecule has 2 heterocycles. The van der Waals surface area contributed by atoms with Crippen molar-refractivity contribution in [3.8, 4) is 67.0 Å². The maximum Gasteiger partial charge on any atom is 0.0794 e. The van der Waals surface area contributed by atoms with Gasteiger partial charge in [-0.3, -0.25) is 4.98 Å². The lowest BCUT2D eigenvalue weighted by atomic mass is 9.90. The number of aromatic nitrogens is 2. The van der Waals surface area contributed by atoms with Gasteiger partial charge in [0.2, 0.25) is 0 Å². The molecule has 2 heteroatoms. The molecule has 0 atom stereocenters. The number of fused-ring (bicyclic) bond motifs is 3. The summed E-state index contributed by atoms with van der Waals surface area (Å²) >= 11 is 0. The Balaban J connectivity index is 1.24. The Bertz CT molecular complexity index is 2580. The minimum absolute atomic E-state index is 0.942. The molecule has 0 bridgehead atoms. The molecule has 50 heavy (non-hydrogen) atoms. The molecule has 9 rings (SSSR count). The fourth-order valence-corrected chi connectivity index (χ4v) is 6.97. The predicted molar refractivity (Wildman–Crippen MR) is 210 cm³/mol. The Labute approximate surface area is 292 Å². The molecular formula is C48H32N2. The van der Waals surface area contributed by atoms with Crippen LogP contribution in [0.25, 0.3) is 88.7 Å². The van der Waals surface area contributed by atoms with E-state index in [1.165, 1.54) is 38.8 Å². The van der Waals surface area contributed by atoms with Gasteiger partial charge in [0.1, 0.15) is 0 Å². The Morgan fingerprint density at radius 2 is 0.720 bits per heavy atom. The minimum atomic E-state index is 0.942. The van der Waals surface area contributed by atoms with E-state index in [0.717, 1.165) is 49.9 Å². The monoisotopic (exact) mass is 636 g/mol. The smallest absolute Gasteiger partial charge is 0.0794 e. The summed E-state index contributed by atoms with van der Waals surface area (Å²) in [6, 6.07) is 66.9. The molecule has 0 aliphatic heterocycles. The van der Waals surface area contributed by atoms with Crippen molar-refractivity contribution in [3.05, 3.63) is 194 Å². The van der Waals surface area contributed by atoms with E-state index in [1.807, 2.05) is 24.4 Å². The molecule has 9 aromatic rings. The van der Waals surface area contributed by atoms with Crippen molar-refractivity contribution < 1.29 is 0 Å². The third-order valence-electron chi connectivity index (χ3n) is 9.57. The number of benzene rings is 7. The highest BCUT2D eigenvalue weighted by Crippen LogP contribution is 2.41.